The fraction of sp³-hybridized carbons (Fsp3) is 0.375. The molecule has 13 heavy (non-hydrogen) atoms. The lowest BCUT2D eigenvalue weighted by molar-refractivity contribution is 0.425. The monoisotopic (exact) mass is 180 g/mol. The second kappa shape index (κ2) is 3.45. The number of hydrogen-bond acceptors (Lipinski definition) is 4. The maximum atomic E-state index is 8.80. The van der Waals surface area contributed by atoms with Gasteiger partial charge in [0.05, 0.1) is 11.2 Å². The third kappa shape index (κ3) is 2.52. The molecule has 0 aliphatic rings. The Morgan fingerprint density at radius 3 is 2.31 bits per heavy atom. The van der Waals surface area contributed by atoms with Gasteiger partial charge in [-0.25, -0.2) is 0 Å². The van der Waals surface area contributed by atoms with Gasteiger partial charge in [-0.1, -0.05) is 6.07 Å². The highest BCUT2D eigenvalue weighted by Gasteiger charge is 2.17. The van der Waals surface area contributed by atoms with E-state index in [1.54, 1.807) is 12.1 Å². The van der Waals surface area contributed by atoms with Crippen LogP contribution in [-0.2, 0) is 5.54 Å². The molecule has 0 spiro atoms. The summed E-state index contributed by atoms with van der Waals surface area (Å²) in [5.74, 6) is 0. The van der Waals surface area contributed by atoms with E-state index in [9.17, 15) is 0 Å². The van der Waals surface area contributed by atoms with Gasteiger partial charge >= 0.3 is 7.12 Å². The van der Waals surface area contributed by atoms with Crippen LogP contribution in [0.3, 0.4) is 0 Å². The summed E-state index contributed by atoms with van der Waals surface area (Å²) in [5.41, 5.74) is 6.38. The molecule has 0 bridgehead atoms. The Hall–Kier alpha value is -0.905. The van der Waals surface area contributed by atoms with Gasteiger partial charge in [-0.2, -0.15) is 0 Å². The molecule has 0 amide bonds. The first-order chi connectivity index (χ1) is 5.91. The largest absolute Gasteiger partial charge is 0.490 e. The molecule has 1 aromatic rings. The highest BCUT2D eigenvalue weighted by molar-refractivity contribution is 6.58. The van der Waals surface area contributed by atoms with Crippen molar-refractivity contribution >= 4 is 12.6 Å². The predicted molar refractivity (Wildman–Crippen MR) is 51.3 cm³/mol. The van der Waals surface area contributed by atoms with Crippen molar-refractivity contribution in [3.8, 4) is 0 Å². The number of rotatable bonds is 2. The molecule has 1 rings (SSSR count). The fourth-order valence-electron chi connectivity index (χ4n) is 0.939. The fourth-order valence-corrected chi connectivity index (χ4v) is 0.939. The molecule has 0 unspecified atom stereocenters. The molecule has 0 atom stereocenters. The van der Waals surface area contributed by atoms with E-state index in [-0.39, 0.29) is 0 Å². The van der Waals surface area contributed by atoms with E-state index in [1.165, 1.54) is 6.20 Å². The molecule has 0 saturated heterocycles. The zero-order chi connectivity index (χ0) is 10.1. The first kappa shape index (κ1) is 10.2. The van der Waals surface area contributed by atoms with E-state index < -0.39 is 12.7 Å². The molecule has 5 heteroatoms. The van der Waals surface area contributed by atoms with E-state index >= 15 is 0 Å². The molecule has 4 nitrogen and oxygen atoms in total. The second-order valence-electron chi connectivity index (χ2n) is 3.57. The third-order valence-electron chi connectivity index (χ3n) is 1.74. The van der Waals surface area contributed by atoms with Gasteiger partial charge in [0.25, 0.3) is 0 Å². The van der Waals surface area contributed by atoms with Crippen LogP contribution in [-0.4, -0.2) is 22.2 Å². The van der Waals surface area contributed by atoms with Crippen LogP contribution in [0.25, 0.3) is 0 Å². The summed E-state index contributed by atoms with van der Waals surface area (Å²) in [6.45, 7) is 3.68. The van der Waals surface area contributed by atoms with Crippen molar-refractivity contribution in [3.05, 3.63) is 24.0 Å². The average molecular weight is 180 g/mol. The van der Waals surface area contributed by atoms with Crippen molar-refractivity contribution in [3.63, 3.8) is 0 Å². The zero-order valence-corrected chi connectivity index (χ0v) is 7.73. The van der Waals surface area contributed by atoms with Crippen LogP contribution in [0.2, 0.25) is 0 Å². The van der Waals surface area contributed by atoms with Crippen LogP contribution >= 0.6 is 0 Å². The summed E-state index contributed by atoms with van der Waals surface area (Å²) in [4.78, 5) is 4.03. The Bertz CT molecular complexity index is 279. The van der Waals surface area contributed by atoms with Crippen molar-refractivity contribution in [1.82, 2.24) is 4.98 Å². The van der Waals surface area contributed by atoms with E-state index in [1.807, 2.05) is 13.8 Å². The van der Waals surface area contributed by atoms with Crippen molar-refractivity contribution in [1.29, 1.82) is 0 Å². The first-order valence-corrected chi connectivity index (χ1v) is 4.02. The van der Waals surface area contributed by atoms with Crippen LogP contribution in [0.5, 0.6) is 0 Å². The van der Waals surface area contributed by atoms with Crippen molar-refractivity contribution in [2.75, 3.05) is 0 Å². The van der Waals surface area contributed by atoms with E-state index in [4.69, 9.17) is 15.8 Å². The second-order valence-corrected chi connectivity index (χ2v) is 3.57. The summed E-state index contributed by atoms with van der Waals surface area (Å²) in [6, 6.07) is 3.29. The topological polar surface area (TPSA) is 79.4 Å². The molecule has 0 aliphatic carbocycles. The highest BCUT2D eigenvalue weighted by atomic mass is 16.4. The van der Waals surface area contributed by atoms with Crippen LogP contribution in [0.15, 0.2) is 18.3 Å². The Balaban J connectivity index is 2.94. The Morgan fingerprint density at radius 2 is 2.00 bits per heavy atom. The maximum absolute atomic E-state index is 8.80. The van der Waals surface area contributed by atoms with Gasteiger partial charge in [0.1, 0.15) is 0 Å². The number of aromatic nitrogens is 1. The molecular formula is C8H13BN2O2. The smallest absolute Gasteiger partial charge is 0.423 e. The van der Waals surface area contributed by atoms with E-state index in [2.05, 4.69) is 4.98 Å². The summed E-state index contributed by atoms with van der Waals surface area (Å²) < 4.78 is 0. The van der Waals surface area contributed by atoms with Crippen molar-refractivity contribution in [2.45, 2.75) is 19.4 Å². The molecule has 0 fully saturated rings. The zero-order valence-electron chi connectivity index (χ0n) is 7.73. The summed E-state index contributed by atoms with van der Waals surface area (Å²) in [5, 5.41) is 17.6. The number of pyridine rings is 1. The standard InChI is InChI=1S/C8H13BN2O2/c1-8(2,10)7-4-3-6(5-11-7)9(12)13/h3-5,12-13H,10H2,1-2H3. The molecule has 0 aromatic carbocycles. The lowest BCUT2D eigenvalue weighted by Crippen LogP contribution is -2.33. The molecule has 70 valence electrons. The van der Waals surface area contributed by atoms with Gasteiger partial charge in [0.15, 0.2) is 0 Å². The average Bonchev–Trinajstić information content (AvgIpc) is 2.03. The lowest BCUT2D eigenvalue weighted by Gasteiger charge is -2.17. The summed E-state index contributed by atoms with van der Waals surface area (Å²) >= 11 is 0. The van der Waals surface area contributed by atoms with Crippen molar-refractivity contribution in [2.24, 2.45) is 5.73 Å². The van der Waals surface area contributed by atoms with Gasteiger partial charge in [-0.15, -0.1) is 0 Å². The summed E-state index contributed by atoms with van der Waals surface area (Å²) in [7, 11) is -1.47. The Labute approximate surface area is 77.6 Å². The number of hydrogen-bond donors (Lipinski definition) is 3. The van der Waals surface area contributed by atoms with Gasteiger partial charge in [0, 0.05) is 11.7 Å². The Kier molecular flexibility index (Phi) is 2.70. The van der Waals surface area contributed by atoms with E-state index in [0.717, 1.165) is 5.69 Å². The quantitative estimate of drug-likeness (QED) is 0.507. The van der Waals surface area contributed by atoms with Gasteiger partial charge in [-0.05, 0) is 19.9 Å². The molecule has 4 N–H and O–H groups in total. The normalized spacial score (nSPS) is 11.5. The van der Waals surface area contributed by atoms with Gasteiger partial charge in [-0.3, -0.25) is 4.98 Å². The first-order valence-electron chi connectivity index (χ1n) is 4.02. The molecule has 1 heterocycles. The Morgan fingerprint density at radius 1 is 1.38 bits per heavy atom. The van der Waals surface area contributed by atoms with Gasteiger partial charge in [0.2, 0.25) is 0 Å². The third-order valence-corrected chi connectivity index (χ3v) is 1.74. The lowest BCUT2D eigenvalue weighted by atomic mass is 9.81. The van der Waals surface area contributed by atoms with Crippen LogP contribution < -0.4 is 11.2 Å². The van der Waals surface area contributed by atoms with Crippen LogP contribution in [0, 0.1) is 0 Å². The van der Waals surface area contributed by atoms with Crippen LogP contribution in [0.4, 0.5) is 0 Å². The maximum Gasteiger partial charge on any atom is 0.490 e. The molecular weight excluding hydrogens is 167 g/mol. The molecule has 0 radical (unpaired) electrons. The van der Waals surface area contributed by atoms with Crippen LogP contribution in [0.1, 0.15) is 19.5 Å². The molecule has 0 aliphatic heterocycles. The number of nitrogens with zero attached hydrogens (tertiary/aromatic N) is 1. The minimum Gasteiger partial charge on any atom is -0.423 e. The molecule has 1 aromatic heterocycles. The predicted octanol–water partition coefficient (Wildman–Crippen LogP) is -1.04. The van der Waals surface area contributed by atoms with E-state index in [0.29, 0.717) is 5.46 Å². The number of nitrogens with two attached hydrogens (primary N) is 1. The SMILES string of the molecule is CC(C)(N)c1ccc(B(O)O)cn1. The molecule has 0 saturated carbocycles. The van der Waals surface area contributed by atoms with Gasteiger partial charge < -0.3 is 15.8 Å². The highest BCUT2D eigenvalue weighted by Crippen LogP contribution is 2.11. The van der Waals surface area contributed by atoms with Crippen molar-refractivity contribution < 1.29 is 10.0 Å². The minimum atomic E-state index is -1.47. The minimum absolute atomic E-state index is 0.369. The summed E-state index contributed by atoms with van der Waals surface area (Å²) in [6.07, 6.45) is 1.41.